The molecule has 0 heterocycles. The highest BCUT2D eigenvalue weighted by Gasteiger charge is 2.25. The van der Waals surface area contributed by atoms with Gasteiger partial charge in [-0.3, -0.25) is 9.59 Å². The summed E-state index contributed by atoms with van der Waals surface area (Å²) in [5.74, 6) is -1.75. The summed E-state index contributed by atoms with van der Waals surface area (Å²) in [6, 6.07) is -0.725. The number of carbonyl (C=O) groups is 3. The summed E-state index contributed by atoms with van der Waals surface area (Å²) in [6.45, 7) is 4.51. The number of quaternary nitrogens is 1. The van der Waals surface area contributed by atoms with E-state index in [2.05, 4.69) is 62.5 Å². The summed E-state index contributed by atoms with van der Waals surface area (Å²) in [5, 5.41) is 11.6. The van der Waals surface area contributed by atoms with E-state index < -0.39 is 18.1 Å². The van der Waals surface area contributed by atoms with Crippen LogP contribution in [0.2, 0.25) is 0 Å². The quantitative estimate of drug-likeness (QED) is 0.0270. The number of likely N-dealkylation sites (N-methyl/N-ethyl adjacent to an activating group) is 1. The van der Waals surface area contributed by atoms with Gasteiger partial charge in [-0.15, -0.1) is 0 Å². The maximum atomic E-state index is 12.6. The van der Waals surface area contributed by atoms with Gasteiger partial charge < -0.3 is 28.6 Å². The third-order valence-corrected chi connectivity index (χ3v) is 9.23. The lowest BCUT2D eigenvalue weighted by molar-refractivity contribution is -0.889. The summed E-state index contributed by atoms with van der Waals surface area (Å²) in [5.41, 5.74) is 0. The van der Waals surface area contributed by atoms with E-state index in [-0.39, 0.29) is 42.7 Å². The van der Waals surface area contributed by atoms with Crippen molar-refractivity contribution in [1.29, 1.82) is 0 Å². The van der Waals surface area contributed by atoms with Crippen molar-refractivity contribution in [1.82, 2.24) is 0 Å². The molecule has 0 radical (unpaired) electrons. The molecule has 8 nitrogen and oxygen atoms in total. The van der Waals surface area contributed by atoms with Crippen molar-refractivity contribution < 1.29 is 38.2 Å². The molecule has 2 atom stereocenters. The maximum Gasteiger partial charge on any atom is 0.306 e. The molecule has 0 N–H and O–H groups in total. The van der Waals surface area contributed by atoms with Crippen LogP contribution in [0.25, 0.3) is 0 Å². The Labute approximate surface area is 325 Å². The topological polar surface area (TPSA) is 102 Å². The van der Waals surface area contributed by atoms with Gasteiger partial charge in [-0.25, -0.2) is 0 Å². The second-order valence-electron chi connectivity index (χ2n) is 15.2. The zero-order valence-electron chi connectivity index (χ0n) is 34.7. The average molecular weight is 746 g/mol. The highest BCUT2D eigenvalue weighted by atomic mass is 16.6. The number of ether oxygens (including phenoxy) is 3. The fourth-order valence-electron chi connectivity index (χ4n) is 5.94. The molecule has 0 aliphatic rings. The number of hydrogen-bond acceptors (Lipinski definition) is 7. The number of unbranched alkanes of at least 4 members (excludes halogenated alkanes) is 15. The third kappa shape index (κ3) is 34.8. The van der Waals surface area contributed by atoms with E-state index in [0.717, 1.165) is 70.6 Å². The molecule has 2 unspecified atom stereocenters. The van der Waals surface area contributed by atoms with Gasteiger partial charge in [0.15, 0.2) is 6.10 Å². The first kappa shape index (κ1) is 50.3. The molecule has 0 saturated heterocycles. The molecule has 0 amide bonds. The van der Waals surface area contributed by atoms with Crippen LogP contribution in [-0.2, 0) is 28.6 Å². The summed E-state index contributed by atoms with van der Waals surface area (Å²) in [6.07, 6.45) is 41.4. The molecular formula is C45H79NO7. The SMILES string of the molecule is CC/C=C/C/C=C/C/C=C/C/C=C/CCCCCCCCCC(=O)OCC(COCCC(C(=O)[O-])[N+](C)(C)C)OC(=O)CCCCCCCCCCC. The lowest BCUT2D eigenvalue weighted by Gasteiger charge is -2.34. The normalized spacial score (nSPS) is 13.5. The molecule has 0 aliphatic carbocycles. The van der Waals surface area contributed by atoms with Crippen LogP contribution in [0.3, 0.4) is 0 Å². The molecule has 53 heavy (non-hydrogen) atoms. The monoisotopic (exact) mass is 746 g/mol. The first-order chi connectivity index (χ1) is 25.6. The predicted octanol–water partition coefficient (Wildman–Crippen LogP) is 9.91. The van der Waals surface area contributed by atoms with Gasteiger partial charge in [0.1, 0.15) is 12.6 Å². The highest BCUT2D eigenvalue weighted by Crippen LogP contribution is 2.14. The van der Waals surface area contributed by atoms with Gasteiger partial charge in [-0.05, 0) is 51.4 Å². The van der Waals surface area contributed by atoms with Crippen molar-refractivity contribution in [2.24, 2.45) is 0 Å². The van der Waals surface area contributed by atoms with Crippen molar-refractivity contribution >= 4 is 17.9 Å². The lowest BCUT2D eigenvalue weighted by atomic mass is 10.1. The summed E-state index contributed by atoms with van der Waals surface area (Å²) in [7, 11) is 5.39. The molecule has 306 valence electrons. The van der Waals surface area contributed by atoms with Crippen LogP contribution < -0.4 is 5.11 Å². The Morgan fingerprint density at radius 1 is 0.585 bits per heavy atom. The van der Waals surface area contributed by atoms with Gasteiger partial charge in [0.05, 0.1) is 40.3 Å². The summed E-state index contributed by atoms with van der Waals surface area (Å²) < 4.78 is 17.1. The Kier molecular flexibility index (Phi) is 34.4. The molecule has 8 heteroatoms. The molecule has 0 aromatic carbocycles. The van der Waals surface area contributed by atoms with E-state index in [1.807, 2.05) is 0 Å². The molecule has 0 fully saturated rings. The number of nitrogens with zero attached hydrogens (tertiary/aromatic N) is 1. The number of carboxylic acids is 1. The van der Waals surface area contributed by atoms with Gasteiger partial charge in [-0.1, -0.05) is 146 Å². The second kappa shape index (κ2) is 36.3. The number of carbonyl (C=O) groups excluding carboxylic acids is 3. The molecule has 0 aromatic rings. The molecule has 0 rings (SSSR count). The van der Waals surface area contributed by atoms with Crippen LogP contribution in [0.4, 0.5) is 0 Å². The minimum atomic E-state index is -1.13. The van der Waals surface area contributed by atoms with Crippen LogP contribution in [0, 0.1) is 0 Å². The summed E-state index contributed by atoms with van der Waals surface area (Å²) >= 11 is 0. The Morgan fingerprint density at radius 3 is 1.57 bits per heavy atom. The Morgan fingerprint density at radius 2 is 1.06 bits per heavy atom. The molecule has 0 aromatic heterocycles. The van der Waals surface area contributed by atoms with Gasteiger partial charge in [0, 0.05) is 19.3 Å². The number of esters is 2. The average Bonchev–Trinajstić information content (AvgIpc) is 3.11. The standard InChI is InChI=1S/C45H79NO7/c1-6-8-10-12-14-16-17-18-19-20-21-22-23-24-25-26-28-29-31-33-35-43(47)52-40-41(39-51-38-37-42(45(49)50)46(3,4)5)53-44(48)36-34-32-30-27-15-13-11-9-7-2/h8,10,14,16,18-19,21-22,41-42H,6-7,9,11-13,15,17,20,23-40H2,1-5H3/b10-8+,16-14+,19-18+,22-21+. The van der Waals surface area contributed by atoms with Crippen molar-refractivity contribution in [3.05, 3.63) is 48.6 Å². The van der Waals surface area contributed by atoms with E-state index in [4.69, 9.17) is 14.2 Å². The van der Waals surface area contributed by atoms with Crippen LogP contribution in [0.5, 0.6) is 0 Å². The number of aliphatic carboxylic acids is 1. The van der Waals surface area contributed by atoms with Crippen LogP contribution >= 0.6 is 0 Å². The van der Waals surface area contributed by atoms with Gasteiger partial charge in [0.25, 0.3) is 0 Å². The zero-order valence-corrected chi connectivity index (χ0v) is 34.7. The minimum Gasteiger partial charge on any atom is -0.544 e. The predicted molar refractivity (Wildman–Crippen MR) is 217 cm³/mol. The van der Waals surface area contributed by atoms with Crippen LogP contribution in [0.1, 0.15) is 168 Å². The van der Waals surface area contributed by atoms with Crippen molar-refractivity contribution in [2.75, 3.05) is 41.0 Å². The van der Waals surface area contributed by atoms with E-state index in [0.29, 0.717) is 12.8 Å². The lowest BCUT2D eigenvalue weighted by Crippen LogP contribution is -2.55. The van der Waals surface area contributed by atoms with Crippen molar-refractivity contribution in [2.45, 2.75) is 180 Å². The third-order valence-electron chi connectivity index (χ3n) is 9.23. The highest BCUT2D eigenvalue weighted by molar-refractivity contribution is 5.70. The number of rotatable bonds is 37. The smallest absolute Gasteiger partial charge is 0.306 e. The molecule has 0 bridgehead atoms. The number of carboxylic acid groups (broad SMARTS) is 1. The van der Waals surface area contributed by atoms with E-state index in [9.17, 15) is 19.5 Å². The van der Waals surface area contributed by atoms with Crippen molar-refractivity contribution in [3.63, 3.8) is 0 Å². The first-order valence-electron chi connectivity index (χ1n) is 21.2. The largest absolute Gasteiger partial charge is 0.544 e. The van der Waals surface area contributed by atoms with Gasteiger partial charge >= 0.3 is 11.9 Å². The maximum absolute atomic E-state index is 12.6. The Balaban J connectivity index is 4.28. The number of allylic oxidation sites excluding steroid dienone is 8. The van der Waals surface area contributed by atoms with Crippen LogP contribution in [0.15, 0.2) is 48.6 Å². The Bertz CT molecular complexity index is 1010. The fourth-order valence-corrected chi connectivity index (χ4v) is 5.94. The molecule has 0 spiro atoms. The Hall–Kier alpha value is -2.71. The first-order valence-corrected chi connectivity index (χ1v) is 21.2. The van der Waals surface area contributed by atoms with Crippen molar-refractivity contribution in [3.8, 4) is 0 Å². The minimum absolute atomic E-state index is 0.0377. The second-order valence-corrected chi connectivity index (χ2v) is 15.2. The van der Waals surface area contributed by atoms with Gasteiger partial charge in [0.2, 0.25) is 0 Å². The molecular weight excluding hydrogens is 666 g/mol. The van der Waals surface area contributed by atoms with E-state index >= 15 is 0 Å². The van der Waals surface area contributed by atoms with Crippen LogP contribution in [-0.4, -0.2) is 75.5 Å². The molecule has 0 saturated carbocycles. The number of hydrogen-bond donors (Lipinski definition) is 0. The van der Waals surface area contributed by atoms with Gasteiger partial charge in [-0.2, -0.15) is 0 Å². The van der Waals surface area contributed by atoms with E-state index in [1.165, 1.54) is 64.2 Å². The summed E-state index contributed by atoms with van der Waals surface area (Å²) in [4.78, 5) is 36.7. The zero-order chi connectivity index (χ0) is 39.3. The van der Waals surface area contributed by atoms with E-state index in [1.54, 1.807) is 21.1 Å². The fraction of sp³-hybridized carbons (Fsp3) is 0.756. The molecule has 0 aliphatic heterocycles.